The van der Waals surface area contributed by atoms with E-state index in [9.17, 15) is 0 Å². The van der Waals surface area contributed by atoms with E-state index in [1.165, 1.54) is 10.8 Å². The molecule has 0 saturated carbocycles. The molecule has 3 N–H and O–H groups in total. The molecular formula is C25H40N4. The lowest BCUT2D eigenvalue weighted by Gasteiger charge is -1.97. The molecule has 3 rings (SSSR count). The van der Waals surface area contributed by atoms with Crippen LogP contribution in [0.25, 0.3) is 10.8 Å². The predicted molar refractivity (Wildman–Crippen MR) is 132 cm³/mol. The SMILES string of the molecule is CC.CC.CCNC.CN=Nc1ccc2ccccc2c1.Cc1ccccc1N. The molecule has 0 unspecified atom stereocenters. The van der Waals surface area contributed by atoms with Gasteiger partial charge in [0, 0.05) is 12.7 Å². The molecule has 4 heteroatoms. The number of para-hydroxylation sites is 1. The first kappa shape index (κ1) is 28.5. The molecular weight excluding hydrogens is 356 g/mol. The second-order valence-corrected chi connectivity index (χ2v) is 5.40. The van der Waals surface area contributed by atoms with Gasteiger partial charge in [-0.25, -0.2) is 0 Å². The van der Waals surface area contributed by atoms with Gasteiger partial charge in [-0.15, -0.1) is 0 Å². The fourth-order valence-corrected chi connectivity index (χ4v) is 1.94. The van der Waals surface area contributed by atoms with Gasteiger partial charge in [0.25, 0.3) is 0 Å². The number of nitrogens with one attached hydrogen (secondary N) is 1. The summed E-state index contributed by atoms with van der Waals surface area (Å²) in [6.45, 7) is 13.1. The van der Waals surface area contributed by atoms with Crippen LogP contribution in [-0.2, 0) is 0 Å². The second kappa shape index (κ2) is 20.0. The number of aryl methyl sites for hydroxylation is 1. The molecule has 29 heavy (non-hydrogen) atoms. The van der Waals surface area contributed by atoms with Gasteiger partial charge in [0.2, 0.25) is 0 Å². The highest BCUT2D eigenvalue weighted by Gasteiger charge is 1.93. The lowest BCUT2D eigenvalue weighted by molar-refractivity contribution is 0.864. The van der Waals surface area contributed by atoms with Gasteiger partial charge in [-0.05, 0) is 55.1 Å². The molecule has 0 amide bonds. The number of nitrogens with zero attached hydrogens (tertiary/aromatic N) is 2. The molecule has 0 atom stereocenters. The lowest BCUT2D eigenvalue weighted by Crippen LogP contribution is -2.01. The number of anilines is 1. The predicted octanol–water partition coefficient (Wildman–Crippen LogP) is 7.41. The maximum atomic E-state index is 5.52. The van der Waals surface area contributed by atoms with E-state index < -0.39 is 0 Å². The second-order valence-electron chi connectivity index (χ2n) is 5.40. The van der Waals surface area contributed by atoms with Crippen molar-refractivity contribution in [2.24, 2.45) is 10.2 Å². The number of benzene rings is 3. The van der Waals surface area contributed by atoms with E-state index in [2.05, 4.69) is 40.7 Å². The molecule has 3 aromatic carbocycles. The average molecular weight is 397 g/mol. The van der Waals surface area contributed by atoms with Crippen molar-refractivity contribution in [2.75, 3.05) is 26.4 Å². The van der Waals surface area contributed by atoms with Crippen molar-refractivity contribution in [1.29, 1.82) is 0 Å². The van der Waals surface area contributed by atoms with Crippen LogP contribution in [0.3, 0.4) is 0 Å². The minimum absolute atomic E-state index is 0.868. The Kier molecular flexibility index (Phi) is 19.7. The van der Waals surface area contributed by atoms with E-state index in [4.69, 9.17) is 5.73 Å². The first-order valence-electron chi connectivity index (χ1n) is 10.4. The molecule has 0 aliphatic carbocycles. The third kappa shape index (κ3) is 13.1. The first-order chi connectivity index (χ1) is 14.1. The van der Waals surface area contributed by atoms with Crippen LogP contribution in [-0.4, -0.2) is 20.6 Å². The number of hydrogen-bond donors (Lipinski definition) is 2. The zero-order valence-corrected chi connectivity index (χ0v) is 19.5. The van der Waals surface area contributed by atoms with E-state index in [1.54, 1.807) is 7.05 Å². The minimum Gasteiger partial charge on any atom is -0.399 e. The van der Waals surface area contributed by atoms with Crippen LogP contribution >= 0.6 is 0 Å². The Morgan fingerprint density at radius 2 is 1.34 bits per heavy atom. The van der Waals surface area contributed by atoms with E-state index in [1.807, 2.05) is 90.2 Å². The summed E-state index contributed by atoms with van der Waals surface area (Å²) in [6, 6.07) is 22.1. The van der Waals surface area contributed by atoms with E-state index >= 15 is 0 Å². The van der Waals surface area contributed by atoms with Crippen molar-refractivity contribution in [2.45, 2.75) is 41.5 Å². The van der Waals surface area contributed by atoms with Crippen molar-refractivity contribution in [3.63, 3.8) is 0 Å². The Balaban J connectivity index is 0. The third-order valence-electron chi connectivity index (χ3n) is 3.49. The number of nitrogen functional groups attached to an aromatic ring is 1. The quantitative estimate of drug-likeness (QED) is 0.350. The number of nitrogens with two attached hydrogens (primary N) is 1. The molecule has 160 valence electrons. The van der Waals surface area contributed by atoms with Gasteiger partial charge in [-0.3, -0.25) is 0 Å². The number of azo groups is 1. The lowest BCUT2D eigenvalue weighted by atomic mass is 10.1. The summed E-state index contributed by atoms with van der Waals surface area (Å²) in [6.07, 6.45) is 0. The molecule has 0 aromatic heterocycles. The molecule has 0 aliphatic rings. The Labute approximate surface area is 178 Å². The Morgan fingerprint density at radius 3 is 1.79 bits per heavy atom. The van der Waals surface area contributed by atoms with Crippen molar-refractivity contribution in [3.8, 4) is 0 Å². The zero-order valence-electron chi connectivity index (χ0n) is 19.5. The molecule has 0 bridgehead atoms. The monoisotopic (exact) mass is 396 g/mol. The molecule has 0 saturated heterocycles. The third-order valence-corrected chi connectivity index (χ3v) is 3.49. The van der Waals surface area contributed by atoms with Gasteiger partial charge in [0.05, 0.1) is 5.69 Å². The van der Waals surface area contributed by atoms with Crippen LogP contribution in [0.1, 0.15) is 40.2 Å². The van der Waals surface area contributed by atoms with Gasteiger partial charge < -0.3 is 11.1 Å². The maximum Gasteiger partial charge on any atom is 0.0858 e. The summed E-state index contributed by atoms with van der Waals surface area (Å²) >= 11 is 0. The largest absolute Gasteiger partial charge is 0.399 e. The van der Waals surface area contributed by atoms with Crippen LogP contribution in [0.5, 0.6) is 0 Å². The van der Waals surface area contributed by atoms with Crippen LogP contribution in [0.15, 0.2) is 77.0 Å². The van der Waals surface area contributed by atoms with Crippen LogP contribution in [0, 0.1) is 6.92 Å². The minimum atomic E-state index is 0.868. The van der Waals surface area contributed by atoms with Crippen LogP contribution in [0.2, 0.25) is 0 Å². The number of fused-ring (bicyclic) bond motifs is 1. The summed E-state index contributed by atoms with van der Waals surface area (Å²) < 4.78 is 0. The normalized spacial score (nSPS) is 8.97. The molecule has 3 aromatic rings. The maximum absolute atomic E-state index is 5.52. The smallest absolute Gasteiger partial charge is 0.0858 e. The summed E-state index contributed by atoms with van der Waals surface area (Å²) in [7, 11) is 3.61. The fourth-order valence-electron chi connectivity index (χ4n) is 1.94. The highest BCUT2D eigenvalue weighted by molar-refractivity contribution is 5.84. The van der Waals surface area contributed by atoms with E-state index in [0.29, 0.717) is 0 Å². The van der Waals surface area contributed by atoms with Gasteiger partial charge in [0.1, 0.15) is 0 Å². The summed E-state index contributed by atoms with van der Waals surface area (Å²) in [5.74, 6) is 0. The zero-order chi connectivity index (χ0) is 22.5. The van der Waals surface area contributed by atoms with Gasteiger partial charge in [-0.2, -0.15) is 10.2 Å². The molecule has 0 aliphatic heterocycles. The highest BCUT2D eigenvalue weighted by atomic mass is 15.1. The van der Waals surface area contributed by atoms with Crippen LogP contribution < -0.4 is 11.1 Å². The molecule has 0 spiro atoms. The van der Waals surface area contributed by atoms with Gasteiger partial charge in [-0.1, -0.05) is 83.1 Å². The summed E-state index contributed by atoms with van der Waals surface area (Å²) in [5, 5.41) is 13.1. The van der Waals surface area contributed by atoms with Crippen LogP contribution in [0.4, 0.5) is 11.4 Å². The van der Waals surface area contributed by atoms with Crippen molar-refractivity contribution in [1.82, 2.24) is 5.32 Å². The Bertz CT molecular complexity index is 759. The van der Waals surface area contributed by atoms with Crippen molar-refractivity contribution < 1.29 is 0 Å². The molecule has 0 heterocycles. The van der Waals surface area contributed by atoms with Crippen molar-refractivity contribution >= 4 is 22.1 Å². The van der Waals surface area contributed by atoms with Crippen molar-refractivity contribution in [3.05, 3.63) is 72.3 Å². The first-order valence-corrected chi connectivity index (χ1v) is 10.4. The van der Waals surface area contributed by atoms with Gasteiger partial charge >= 0.3 is 0 Å². The topological polar surface area (TPSA) is 62.8 Å². The standard InChI is InChI=1S/C11H10N2.C7H9N.C3H9N.2C2H6/c1-12-13-11-7-6-9-4-2-3-5-10(9)8-11;1-6-4-2-3-5-7(6)8;1-3-4-2;2*1-2/h2-8H,1H3;2-5H,8H2,1H3;4H,3H2,1-2H3;2*1-2H3. The summed E-state index contributed by atoms with van der Waals surface area (Å²) in [4.78, 5) is 0. The van der Waals surface area contributed by atoms with Gasteiger partial charge in [0.15, 0.2) is 0 Å². The Morgan fingerprint density at radius 1 is 0.828 bits per heavy atom. The summed E-state index contributed by atoms with van der Waals surface area (Å²) in [5.41, 5.74) is 8.44. The molecule has 4 nitrogen and oxygen atoms in total. The van der Waals surface area contributed by atoms with E-state index in [-0.39, 0.29) is 0 Å². The van der Waals surface area contributed by atoms with E-state index in [0.717, 1.165) is 23.5 Å². The molecule has 0 fully saturated rings. The highest BCUT2D eigenvalue weighted by Crippen LogP contribution is 2.20. The average Bonchev–Trinajstić information content (AvgIpc) is 2.79. The Hall–Kier alpha value is -2.72. The molecule has 0 radical (unpaired) electrons. The number of rotatable bonds is 2. The fraction of sp³-hybridized carbons (Fsp3) is 0.360. The number of hydrogen-bond acceptors (Lipinski definition) is 4.